The normalized spacial score (nSPS) is 11.5. The van der Waals surface area contributed by atoms with Gasteiger partial charge in [-0.25, -0.2) is 9.18 Å². The molecule has 2 nitrogen and oxygen atoms in total. The summed E-state index contributed by atoms with van der Waals surface area (Å²) in [6.45, 7) is 0. The van der Waals surface area contributed by atoms with Gasteiger partial charge in [0.05, 0.1) is 16.1 Å². The van der Waals surface area contributed by atoms with Crippen molar-refractivity contribution in [3.8, 4) is 11.1 Å². The summed E-state index contributed by atoms with van der Waals surface area (Å²) in [5.41, 5.74) is -1.63. The monoisotopic (exact) mass is 318 g/mol. The van der Waals surface area contributed by atoms with Crippen LogP contribution in [0.1, 0.15) is 15.9 Å². The van der Waals surface area contributed by atoms with E-state index in [0.29, 0.717) is 6.07 Å². The van der Waals surface area contributed by atoms with E-state index >= 15 is 0 Å². The molecule has 2 aromatic rings. The molecule has 0 aromatic heterocycles. The molecule has 21 heavy (non-hydrogen) atoms. The minimum absolute atomic E-state index is 0.0406. The van der Waals surface area contributed by atoms with Crippen molar-refractivity contribution in [3.05, 3.63) is 58.4 Å². The van der Waals surface area contributed by atoms with Crippen LogP contribution in [-0.2, 0) is 6.18 Å². The molecule has 0 atom stereocenters. The van der Waals surface area contributed by atoms with Gasteiger partial charge < -0.3 is 5.11 Å². The first-order valence-electron chi connectivity index (χ1n) is 5.60. The van der Waals surface area contributed by atoms with E-state index in [0.717, 1.165) is 24.3 Å². The molecule has 0 aliphatic rings. The molecule has 0 saturated heterocycles. The van der Waals surface area contributed by atoms with E-state index in [1.807, 2.05) is 0 Å². The number of alkyl halides is 3. The first-order valence-corrected chi connectivity index (χ1v) is 5.98. The Kier molecular flexibility index (Phi) is 3.91. The van der Waals surface area contributed by atoms with Crippen LogP contribution in [-0.4, -0.2) is 11.1 Å². The maximum absolute atomic E-state index is 13.9. The van der Waals surface area contributed by atoms with E-state index in [2.05, 4.69) is 0 Å². The Labute approximate surface area is 121 Å². The van der Waals surface area contributed by atoms with Crippen LogP contribution in [0.25, 0.3) is 11.1 Å². The molecule has 0 aliphatic heterocycles. The van der Waals surface area contributed by atoms with Crippen molar-refractivity contribution in [1.29, 1.82) is 0 Å². The van der Waals surface area contributed by atoms with Crippen molar-refractivity contribution in [2.45, 2.75) is 6.18 Å². The first-order chi connectivity index (χ1) is 9.70. The minimum atomic E-state index is -4.56. The van der Waals surface area contributed by atoms with Gasteiger partial charge in [-0.05, 0) is 29.8 Å². The second-order valence-corrected chi connectivity index (χ2v) is 4.60. The zero-order valence-electron chi connectivity index (χ0n) is 10.2. The minimum Gasteiger partial charge on any atom is -0.478 e. The Morgan fingerprint density at radius 1 is 1.14 bits per heavy atom. The highest BCUT2D eigenvalue weighted by Gasteiger charge is 2.30. The van der Waals surface area contributed by atoms with E-state index in [1.54, 1.807) is 0 Å². The summed E-state index contributed by atoms with van der Waals surface area (Å²) < 4.78 is 51.8. The summed E-state index contributed by atoms with van der Waals surface area (Å²) in [5, 5.41) is 8.55. The largest absolute Gasteiger partial charge is 0.478 e. The number of hydrogen-bond donors (Lipinski definition) is 1. The van der Waals surface area contributed by atoms with Crippen molar-refractivity contribution in [2.24, 2.45) is 0 Å². The molecular formula is C14H7ClF4O2. The van der Waals surface area contributed by atoms with E-state index < -0.39 is 29.1 Å². The third kappa shape index (κ3) is 3.16. The van der Waals surface area contributed by atoms with Crippen molar-refractivity contribution in [1.82, 2.24) is 0 Å². The number of halogens is 5. The SMILES string of the molecule is O=C(O)c1cc(F)c(-c2cccc(C(F)(F)F)c2)cc1Cl. The van der Waals surface area contributed by atoms with Gasteiger partial charge >= 0.3 is 12.1 Å². The summed E-state index contributed by atoms with van der Waals surface area (Å²) in [5.74, 6) is -2.38. The Hall–Kier alpha value is -2.08. The Bertz CT molecular complexity index is 711. The zero-order chi connectivity index (χ0) is 15.8. The zero-order valence-corrected chi connectivity index (χ0v) is 11.0. The van der Waals surface area contributed by atoms with Gasteiger partial charge in [-0.3, -0.25) is 0 Å². The number of carboxylic acids is 1. The molecule has 0 heterocycles. The van der Waals surface area contributed by atoms with E-state index in [4.69, 9.17) is 16.7 Å². The second kappa shape index (κ2) is 5.37. The van der Waals surface area contributed by atoms with Crippen molar-refractivity contribution in [2.75, 3.05) is 0 Å². The topological polar surface area (TPSA) is 37.3 Å². The number of rotatable bonds is 2. The number of aromatic carboxylic acids is 1. The lowest BCUT2D eigenvalue weighted by Gasteiger charge is -2.10. The summed E-state index contributed by atoms with van der Waals surface area (Å²) in [6, 6.07) is 5.72. The third-order valence-electron chi connectivity index (χ3n) is 2.79. The second-order valence-electron chi connectivity index (χ2n) is 4.20. The molecule has 0 amide bonds. The molecule has 0 bridgehead atoms. The van der Waals surface area contributed by atoms with Gasteiger partial charge in [0, 0.05) is 5.56 Å². The summed E-state index contributed by atoms with van der Waals surface area (Å²) in [7, 11) is 0. The Balaban J connectivity index is 2.58. The number of hydrogen-bond acceptors (Lipinski definition) is 1. The van der Waals surface area contributed by atoms with Gasteiger partial charge in [0.15, 0.2) is 0 Å². The van der Waals surface area contributed by atoms with Gasteiger partial charge in [-0.2, -0.15) is 13.2 Å². The van der Waals surface area contributed by atoms with Crippen LogP contribution in [0.4, 0.5) is 17.6 Å². The highest BCUT2D eigenvalue weighted by molar-refractivity contribution is 6.33. The highest BCUT2D eigenvalue weighted by atomic mass is 35.5. The van der Waals surface area contributed by atoms with Crippen LogP contribution >= 0.6 is 11.6 Å². The van der Waals surface area contributed by atoms with Crippen molar-refractivity contribution in [3.63, 3.8) is 0 Å². The van der Waals surface area contributed by atoms with Gasteiger partial charge in [0.1, 0.15) is 5.82 Å². The molecule has 0 spiro atoms. The van der Waals surface area contributed by atoms with Crippen LogP contribution in [0.2, 0.25) is 5.02 Å². The third-order valence-corrected chi connectivity index (χ3v) is 3.10. The molecular weight excluding hydrogens is 312 g/mol. The maximum atomic E-state index is 13.9. The van der Waals surface area contributed by atoms with Crippen LogP contribution in [0, 0.1) is 5.82 Å². The van der Waals surface area contributed by atoms with Gasteiger partial charge in [-0.15, -0.1) is 0 Å². The standard InChI is InChI=1S/C14H7ClF4O2/c15-11-5-9(12(16)6-10(11)13(20)21)7-2-1-3-8(4-7)14(17,18)19/h1-6H,(H,20,21). The predicted molar refractivity (Wildman–Crippen MR) is 68.8 cm³/mol. The van der Waals surface area contributed by atoms with E-state index in [1.165, 1.54) is 6.07 Å². The van der Waals surface area contributed by atoms with Crippen molar-refractivity contribution < 1.29 is 27.5 Å². The fourth-order valence-electron chi connectivity index (χ4n) is 1.80. The fraction of sp³-hybridized carbons (Fsp3) is 0.0714. The molecule has 7 heteroatoms. The molecule has 0 fully saturated rings. The molecule has 2 rings (SSSR count). The van der Waals surface area contributed by atoms with Crippen LogP contribution in [0.5, 0.6) is 0 Å². The lowest BCUT2D eigenvalue weighted by atomic mass is 10.0. The van der Waals surface area contributed by atoms with Gasteiger partial charge in [0.2, 0.25) is 0 Å². The molecule has 0 unspecified atom stereocenters. The predicted octanol–water partition coefficient (Wildman–Crippen LogP) is 4.86. The average Bonchev–Trinajstić information content (AvgIpc) is 2.40. The van der Waals surface area contributed by atoms with Gasteiger partial charge in [-0.1, -0.05) is 23.7 Å². The smallest absolute Gasteiger partial charge is 0.416 e. The summed E-state index contributed by atoms with van der Waals surface area (Å²) in [4.78, 5) is 10.8. The van der Waals surface area contributed by atoms with Crippen LogP contribution < -0.4 is 0 Å². The van der Waals surface area contributed by atoms with Crippen molar-refractivity contribution >= 4 is 17.6 Å². The van der Waals surface area contributed by atoms with E-state index in [9.17, 15) is 22.4 Å². The lowest BCUT2D eigenvalue weighted by molar-refractivity contribution is -0.137. The molecule has 110 valence electrons. The summed E-state index contributed by atoms with van der Waals surface area (Å²) >= 11 is 5.71. The maximum Gasteiger partial charge on any atom is 0.416 e. The van der Waals surface area contributed by atoms with Gasteiger partial charge in [0.25, 0.3) is 0 Å². The number of benzene rings is 2. The average molecular weight is 319 g/mol. The molecule has 0 saturated carbocycles. The lowest BCUT2D eigenvalue weighted by Crippen LogP contribution is -2.05. The van der Waals surface area contributed by atoms with Crippen LogP contribution in [0.3, 0.4) is 0 Å². The van der Waals surface area contributed by atoms with Crippen LogP contribution in [0.15, 0.2) is 36.4 Å². The van der Waals surface area contributed by atoms with E-state index in [-0.39, 0.29) is 16.1 Å². The Morgan fingerprint density at radius 2 is 1.81 bits per heavy atom. The highest BCUT2D eigenvalue weighted by Crippen LogP contribution is 2.34. The molecule has 0 radical (unpaired) electrons. The molecule has 2 aromatic carbocycles. The number of carboxylic acid groups (broad SMARTS) is 1. The molecule has 1 N–H and O–H groups in total. The number of carbonyl (C=O) groups is 1. The quantitative estimate of drug-likeness (QED) is 0.803. The summed E-state index contributed by atoms with van der Waals surface area (Å²) in [6.07, 6.45) is -4.56. The first kappa shape index (κ1) is 15.3. The fourth-order valence-corrected chi connectivity index (χ4v) is 2.04. The molecule has 0 aliphatic carbocycles. The Morgan fingerprint density at radius 3 is 2.38 bits per heavy atom.